The maximum Gasteiger partial charge on any atom is 0.119 e. The maximum atomic E-state index is 6.13. The lowest BCUT2D eigenvalue weighted by atomic mass is 9.96. The van der Waals surface area contributed by atoms with Crippen LogP contribution in [0.3, 0.4) is 0 Å². The smallest absolute Gasteiger partial charge is 0.119 e. The first-order valence-electron chi connectivity index (χ1n) is 6.94. The number of methoxy groups -OCH3 is 1. The third kappa shape index (κ3) is 3.71. The van der Waals surface area contributed by atoms with E-state index in [2.05, 4.69) is 39.9 Å². The van der Waals surface area contributed by atoms with Crippen LogP contribution in [0.5, 0.6) is 5.75 Å². The number of likely N-dealkylation sites (tertiary alicyclic amines) is 1. The first-order chi connectivity index (χ1) is 9.11. The molecule has 0 spiro atoms. The molecule has 1 aliphatic heterocycles. The van der Waals surface area contributed by atoms with Gasteiger partial charge in [0, 0.05) is 23.1 Å². The summed E-state index contributed by atoms with van der Waals surface area (Å²) in [6.45, 7) is 4.18. The number of nitrogens with two attached hydrogens (primary N) is 1. The Balaban J connectivity index is 2.14. The van der Waals surface area contributed by atoms with Gasteiger partial charge in [-0.15, -0.1) is 0 Å². The fourth-order valence-electron chi connectivity index (χ4n) is 2.83. The van der Waals surface area contributed by atoms with Crippen LogP contribution in [0.1, 0.15) is 31.7 Å². The zero-order valence-corrected chi connectivity index (χ0v) is 13.3. The molecule has 2 N–H and O–H groups in total. The molecule has 0 aliphatic carbocycles. The van der Waals surface area contributed by atoms with Crippen molar-refractivity contribution in [2.45, 2.75) is 44.8 Å². The topological polar surface area (TPSA) is 38.5 Å². The molecule has 1 aromatic carbocycles. The number of piperidine rings is 1. The Bertz CT molecular complexity index is 423. The molecule has 0 bridgehead atoms. The van der Waals surface area contributed by atoms with Crippen LogP contribution in [0.15, 0.2) is 22.7 Å². The number of nitrogens with zero attached hydrogens (tertiary/aromatic N) is 1. The first-order valence-corrected chi connectivity index (χ1v) is 7.73. The molecule has 1 heterocycles. The molecule has 3 nitrogen and oxygen atoms in total. The van der Waals surface area contributed by atoms with Gasteiger partial charge >= 0.3 is 0 Å². The lowest BCUT2D eigenvalue weighted by molar-refractivity contribution is 0.122. The summed E-state index contributed by atoms with van der Waals surface area (Å²) < 4.78 is 6.45. The summed E-state index contributed by atoms with van der Waals surface area (Å²) in [5, 5.41) is 0. The van der Waals surface area contributed by atoms with Gasteiger partial charge in [0.15, 0.2) is 0 Å². The number of rotatable bonds is 4. The van der Waals surface area contributed by atoms with Gasteiger partial charge in [-0.05, 0) is 50.1 Å². The molecule has 1 aliphatic rings. The number of ether oxygens (including phenoxy) is 1. The Morgan fingerprint density at radius 3 is 2.95 bits per heavy atom. The molecule has 4 heteroatoms. The van der Waals surface area contributed by atoms with Gasteiger partial charge in [0.2, 0.25) is 0 Å². The van der Waals surface area contributed by atoms with E-state index in [1.807, 2.05) is 6.07 Å². The van der Waals surface area contributed by atoms with Crippen molar-refractivity contribution in [3.63, 3.8) is 0 Å². The van der Waals surface area contributed by atoms with Gasteiger partial charge in [0.25, 0.3) is 0 Å². The summed E-state index contributed by atoms with van der Waals surface area (Å²) in [5.74, 6) is 0.910. The lowest BCUT2D eigenvalue weighted by Gasteiger charge is -2.38. The Morgan fingerprint density at radius 2 is 2.26 bits per heavy atom. The molecule has 0 radical (unpaired) electrons. The summed E-state index contributed by atoms with van der Waals surface area (Å²) in [4.78, 5) is 2.51. The second-order valence-corrected chi connectivity index (χ2v) is 6.20. The summed E-state index contributed by atoms with van der Waals surface area (Å²) in [6.07, 6.45) is 3.77. The van der Waals surface area contributed by atoms with E-state index in [0.717, 1.165) is 23.3 Å². The second-order valence-electron chi connectivity index (χ2n) is 5.35. The Kier molecular flexibility index (Phi) is 5.25. The average Bonchev–Trinajstić information content (AvgIpc) is 2.41. The van der Waals surface area contributed by atoms with E-state index in [1.54, 1.807) is 7.11 Å². The molecule has 0 saturated carbocycles. The van der Waals surface area contributed by atoms with E-state index in [4.69, 9.17) is 10.5 Å². The van der Waals surface area contributed by atoms with E-state index in [0.29, 0.717) is 6.04 Å². The van der Waals surface area contributed by atoms with Crippen LogP contribution in [0.2, 0.25) is 0 Å². The van der Waals surface area contributed by atoms with E-state index in [9.17, 15) is 0 Å². The fourth-order valence-corrected chi connectivity index (χ4v) is 3.20. The molecular weight excluding hydrogens is 304 g/mol. The summed E-state index contributed by atoms with van der Waals surface area (Å²) in [6, 6.07) is 6.86. The van der Waals surface area contributed by atoms with Crippen LogP contribution in [0.25, 0.3) is 0 Å². The van der Waals surface area contributed by atoms with Crippen molar-refractivity contribution in [1.29, 1.82) is 0 Å². The van der Waals surface area contributed by atoms with Crippen molar-refractivity contribution in [2.75, 3.05) is 13.7 Å². The van der Waals surface area contributed by atoms with Crippen molar-refractivity contribution in [3.8, 4) is 5.75 Å². The van der Waals surface area contributed by atoms with Crippen LogP contribution >= 0.6 is 15.9 Å². The van der Waals surface area contributed by atoms with Gasteiger partial charge in [-0.1, -0.05) is 22.4 Å². The highest BCUT2D eigenvalue weighted by atomic mass is 79.9. The monoisotopic (exact) mass is 326 g/mol. The first kappa shape index (κ1) is 14.8. The summed E-state index contributed by atoms with van der Waals surface area (Å²) in [5.41, 5.74) is 7.40. The molecule has 1 saturated heterocycles. The number of halogens is 1. The third-order valence-electron chi connectivity index (χ3n) is 3.90. The van der Waals surface area contributed by atoms with Gasteiger partial charge in [-0.25, -0.2) is 0 Å². The zero-order valence-electron chi connectivity index (χ0n) is 11.7. The number of benzene rings is 1. The Morgan fingerprint density at radius 1 is 1.47 bits per heavy atom. The lowest BCUT2D eigenvalue weighted by Crippen LogP contribution is -2.48. The summed E-state index contributed by atoms with van der Waals surface area (Å²) in [7, 11) is 1.71. The maximum absolute atomic E-state index is 6.13. The zero-order chi connectivity index (χ0) is 13.8. The van der Waals surface area contributed by atoms with Gasteiger partial charge in [-0.2, -0.15) is 0 Å². The van der Waals surface area contributed by atoms with E-state index in [-0.39, 0.29) is 6.04 Å². The average molecular weight is 327 g/mol. The van der Waals surface area contributed by atoms with Crippen molar-refractivity contribution in [2.24, 2.45) is 5.73 Å². The third-order valence-corrected chi connectivity index (χ3v) is 4.67. The van der Waals surface area contributed by atoms with Crippen LogP contribution in [-0.4, -0.2) is 30.6 Å². The van der Waals surface area contributed by atoms with Crippen LogP contribution < -0.4 is 10.5 Å². The van der Waals surface area contributed by atoms with Gasteiger partial charge < -0.3 is 10.5 Å². The molecule has 2 unspecified atom stereocenters. The molecule has 2 rings (SSSR count). The standard InChI is InChI=1S/C15H23BrN2O/c1-11(17)15-5-3-4-8-18(15)10-12-9-13(19-2)6-7-14(12)16/h6-7,9,11,15H,3-5,8,10,17H2,1-2H3. The van der Waals surface area contributed by atoms with Gasteiger partial charge in [0.05, 0.1) is 7.11 Å². The minimum atomic E-state index is 0.227. The quantitative estimate of drug-likeness (QED) is 0.923. The van der Waals surface area contributed by atoms with Crippen molar-refractivity contribution in [1.82, 2.24) is 4.90 Å². The Labute approximate surface area is 124 Å². The number of hydrogen-bond donors (Lipinski definition) is 1. The summed E-state index contributed by atoms with van der Waals surface area (Å²) >= 11 is 3.63. The SMILES string of the molecule is COc1ccc(Br)c(CN2CCCCC2C(C)N)c1. The normalized spacial score (nSPS) is 22.2. The fraction of sp³-hybridized carbons (Fsp3) is 0.600. The minimum absolute atomic E-state index is 0.227. The molecule has 106 valence electrons. The van der Waals surface area contributed by atoms with E-state index in [1.165, 1.54) is 24.8 Å². The molecule has 1 aromatic rings. The van der Waals surface area contributed by atoms with Crippen molar-refractivity contribution in [3.05, 3.63) is 28.2 Å². The van der Waals surface area contributed by atoms with E-state index < -0.39 is 0 Å². The largest absolute Gasteiger partial charge is 0.497 e. The van der Waals surface area contributed by atoms with E-state index >= 15 is 0 Å². The van der Waals surface area contributed by atoms with Crippen molar-refractivity contribution >= 4 is 15.9 Å². The molecule has 19 heavy (non-hydrogen) atoms. The minimum Gasteiger partial charge on any atom is -0.497 e. The van der Waals surface area contributed by atoms with Crippen LogP contribution in [0.4, 0.5) is 0 Å². The van der Waals surface area contributed by atoms with Crippen LogP contribution in [-0.2, 0) is 6.54 Å². The Hall–Kier alpha value is -0.580. The molecule has 1 fully saturated rings. The predicted molar refractivity (Wildman–Crippen MR) is 82.4 cm³/mol. The second kappa shape index (κ2) is 6.73. The predicted octanol–water partition coefficient (Wildman–Crippen LogP) is 3.16. The highest BCUT2D eigenvalue weighted by Crippen LogP contribution is 2.27. The van der Waals surface area contributed by atoms with Gasteiger partial charge in [0.1, 0.15) is 5.75 Å². The van der Waals surface area contributed by atoms with Crippen molar-refractivity contribution < 1.29 is 4.74 Å². The molecular formula is C15H23BrN2O. The number of hydrogen-bond acceptors (Lipinski definition) is 3. The van der Waals surface area contributed by atoms with Crippen LogP contribution in [0, 0.1) is 0 Å². The highest BCUT2D eigenvalue weighted by Gasteiger charge is 2.25. The highest BCUT2D eigenvalue weighted by molar-refractivity contribution is 9.10. The molecule has 2 atom stereocenters. The molecule has 0 aromatic heterocycles. The van der Waals surface area contributed by atoms with Gasteiger partial charge in [-0.3, -0.25) is 4.90 Å². The molecule has 0 amide bonds.